The summed E-state index contributed by atoms with van der Waals surface area (Å²) in [6.07, 6.45) is 1.86. The van der Waals surface area contributed by atoms with Gasteiger partial charge in [-0.1, -0.05) is 13.3 Å². The summed E-state index contributed by atoms with van der Waals surface area (Å²) in [5.74, 6) is 0. The first-order valence-corrected chi connectivity index (χ1v) is 6.06. The molecule has 0 saturated heterocycles. The zero-order valence-electron chi connectivity index (χ0n) is 8.54. The van der Waals surface area contributed by atoms with Gasteiger partial charge in [-0.25, -0.2) is 13.1 Å². The van der Waals surface area contributed by atoms with Gasteiger partial charge in [0.1, 0.15) is 0 Å². The van der Waals surface area contributed by atoms with E-state index in [1.54, 1.807) is 6.92 Å². The lowest BCUT2D eigenvalue weighted by Gasteiger charge is -2.12. The fraction of sp³-hybridized carbons (Fsp3) is 1.00. The van der Waals surface area contributed by atoms with E-state index in [1.807, 2.05) is 6.92 Å². The first kappa shape index (κ1) is 12.9. The Hall–Kier alpha value is -0.130. The van der Waals surface area contributed by atoms with Crippen molar-refractivity contribution in [2.75, 3.05) is 20.3 Å². The number of rotatable bonds is 7. The van der Waals surface area contributed by atoms with Crippen LogP contribution < -0.4 is 4.72 Å². The zero-order valence-corrected chi connectivity index (χ0v) is 9.36. The number of unbranched alkanes of at least 4 members (excludes halogenated alkanes) is 1. The fourth-order valence-corrected chi connectivity index (χ4v) is 1.89. The number of methoxy groups -OCH3 is 1. The molecule has 0 saturated carbocycles. The van der Waals surface area contributed by atoms with Gasteiger partial charge < -0.3 is 4.74 Å². The molecule has 80 valence electrons. The highest BCUT2D eigenvalue weighted by atomic mass is 32.2. The lowest BCUT2D eigenvalue weighted by atomic mass is 10.3. The standard InChI is InChI=1S/C8H19NO3S/c1-4-5-6-9-13(10,11)8(2)7-12-3/h8-9H,4-7H2,1-3H3/t8-/m1/s1. The lowest BCUT2D eigenvalue weighted by Crippen LogP contribution is -2.35. The van der Waals surface area contributed by atoms with Gasteiger partial charge in [0.2, 0.25) is 10.0 Å². The van der Waals surface area contributed by atoms with Gasteiger partial charge in [-0.15, -0.1) is 0 Å². The molecule has 0 aromatic heterocycles. The summed E-state index contributed by atoms with van der Waals surface area (Å²) in [5, 5.41) is -0.477. The highest BCUT2D eigenvalue weighted by Crippen LogP contribution is 1.98. The van der Waals surface area contributed by atoms with Gasteiger partial charge in [0, 0.05) is 13.7 Å². The molecule has 0 bridgehead atoms. The van der Waals surface area contributed by atoms with Crippen LogP contribution in [0.5, 0.6) is 0 Å². The van der Waals surface area contributed by atoms with E-state index in [0.29, 0.717) is 6.54 Å². The van der Waals surface area contributed by atoms with Gasteiger partial charge in [0.05, 0.1) is 11.9 Å². The molecular formula is C8H19NO3S. The summed E-state index contributed by atoms with van der Waals surface area (Å²) in [4.78, 5) is 0. The van der Waals surface area contributed by atoms with Crippen molar-refractivity contribution in [3.05, 3.63) is 0 Å². The van der Waals surface area contributed by atoms with Crippen LogP contribution in [0.25, 0.3) is 0 Å². The number of sulfonamides is 1. The minimum atomic E-state index is -3.17. The Balaban J connectivity index is 3.92. The molecule has 13 heavy (non-hydrogen) atoms. The van der Waals surface area contributed by atoms with Crippen molar-refractivity contribution in [1.29, 1.82) is 0 Å². The van der Waals surface area contributed by atoms with Crippen LogP contribution in [0.15, 0.2) is 0 Å². The topological polar surface area (TPSA) is 55.4 Å². The summed E-state index contributed by atoms with van der Waals surface area (Å²) < 4.78 is 30.1. The van der Waals surface area contributed by atoms with Crippen molar-refractivity contribution in [3.8, 4) is 0 Å². The molecule has 0 aromatic rings. The second kappa shape index (κ2) is 6.34. The number of hydrogen-bond acceptors (Lipinski definition) is 3. The predicted octanol–water partition coefficient (Wildman–Crippen LogP) is 0.741. The highest BCUT2D eigenvalue weighted by Gasteiger charge is 2.19. The van der Waals surface area contributed by atoms with E-state index in [4.69, 9.17) is 4.74 Å². The van der Waals surface area contributed by atoms with Gasteiger partial charge in [-0.2, -0.15) is 0 Å². The van der Waals surface area contributed by atoms with Crippen LogP contribution >= 0.6 is 0 Å². The van der Waals surface area contributed by atoms with Crippen molar-refractivity contribution < 1.29 is 13.2 Å². The van der Waals surface area contributed by atoms with Gasteiger partial charge in [0.15, 0.2) is 0 Å². The van der Waals surface area contributed by atoms with E-state index in [1.165, 1.54) is 7.11 Å². The number of ether oxygens (including phenoxy) is 1. The molecule has 1 atom stereocenters. The largest absolute Gasteiger partial charge is 0.383 e. The van der Waals surface area contributed by atoms with E-state index in [0.717, 1.165) is 12.8 Å². The zero-order chi connectivity index (χ0) is 10.3. The van der Waals surface area contributed by atoms with E-state index in [9.17, 15) is 8.42 Å². The molecule has 0 aliphatic rings. The van der Waals surface area contributed by atoms with Gasteiger partial charge >= 0.3 is 0 Å². The van der Waals surface area contributed by atoms with Gasteiger partial charge in [-0.3, -0.25) is 0 Å². The molecule has 0 aromatic carbocycles. The van der Waals surface area contributed by atoms with Gasteiger partial charge in [-0.05, 0) is 13.3 Å². The third-order valence-electron chi connectivity index (χ3n) is 1.76. The van der Waals surface area contributed by atoms with Crippen molar-refractivity contribution in [1.82, 2.24) is 4.72 Å². The number of hydrogen-bond donors (Lipinski definition) is 1. The van der Waals surface area contributed by atoms with E-state index in [2.05, 4.69) is 4.72 Å². The SMILES string of the molecule is CCCCNS(=O)(=O)[C@H](C)COC. The summed E-state index contributed by atoms with van der Waals surface area (Å²) in [7, 11) is -1.67. The molecule has 0 aliphatic carbocycles. The molecule has 0 spiro atoms. The monoisotopic (exact) mass is 209 g/mol. The Labute approximate surface area is 80.7 Å². The van der Waals surface area contributed by atoms with Crippen LogP contribution in [0.1, 0.15) is 26.7 Å². The predicted molar refractivity (Wildman–Crippen MR) is 53.2 cm³/mol. The summed E-state index contributed by atoms with van der Waals surface area (Å²) >= 11 is 0. The van der Waals surface area contributed by atoms with Crippen LogP contribution in [-0.2, 0) is 14.8 Å². The van der Waals surface area contributed by atoms with Crippen molar-refractivity contribution in [3.63, 3.8) is 0 Å². The summed E-state index contributed by atoms with van der Waals surface area (Å²) in [5.41, 5.74) is 0. The average Bonchev–Trinajstić information content (AvgIpc) is 2.05. The Morgan fingerprint density at radius 3 is 2.54 bits per heavy atom. The molecular weight excluding hydrogens is 190 g/mol. The van der Waals surface area contributed by atoms with E-state index < -0.39 is 15.3 Å². The summed E-state index contributed by atoms with van der Waals surface area (Å²) in [6, 6.07) is 0. The second-order valence-electron chi connectivity index (χ2n) is 3.06. The Bertz CT molecular complexity index is 213. The lowest BCUT2D eigenvalue weighted by molar-refractivity contribution is 0.200. The fourth-order valence-electron chi connectivity index (χ4n) is 0.858. The van der Waals surface area contributed by atoms with Crippen LogP contribution in [0.4, 0.5) is 0 Å². The van der Waals surface area contributed by atoms with Crippen LogP contribution in [0, 0.1) is 0 Å². The molecule has 4 nitrogen and oxygen atoms in total. The molecule has 0 radical (unpaired) electrons. The maximum atomic E-state index is 11.4. The van der Waals surface area contributed by atoms with Crippen molar-refractivity contribution >= 4 is 10.0 Å². The first-order valence-electron chi connectivity index (χ1n) is 4.52. The average molecular weight is 209 g/mol. The molecule has 0 unspecified atom stereocenters. The quantitative estimate of drug-likeness (QED) is 0.629. The smallest absolute Gasteiger partial charge is 0.216 e. The van der Waals surface area contributed by atoms with E-state index in [-0.39, 0.29) is 6.61 Å². The molecule has 0 heterocycles. The molecule has 0 rings (SSSR count). The van der Waals surface area contributed by atoms with Crippen molar-refractivity contribution in [2.45, 2.75) is 31.9 Å². The van der Waals surface area contributed by atoms with Crippen LogP contribution in [0.2, 0.25) is 0 Å². The minimum absolute atomic E-state index is 0.238. The van der Waals surface area contributed by atoms with Gasteiger partial charge in [0.25, 0.3) is 0 Å². The molecule has 0 aliphatic heterocycles. The maximum absolute atomic E-state index is 11.4. The Kier molecular flexibility index (Phi) is 6.28. The molecule has 1 N–H and O–H groups in total. The molecule has 0 amide bonds. The third kappa shape index (κ3) is 5.23. The number of nitrogens with one attached hydrogen (secondary N) is 1. The second-order valence-corrected chi connectivity index (χ2v) is 5.24. The molecule has 0 fully saturated rings. The highest BCUT2D eigenvalue weighted by molar-refractivity contribution is 7.90. The van der Waals surface area contributed by atoms with Crippen LogP contribution in [0.3, 0.4) is 0 Å². The normalized spacial score (nSPS) is 14.4. The summed E-state index contributed by atoms with van der Waals surface area (Å²) in [6.45, 7) is 4.42. The maximum Gasteiger partial charge on any atom is 0.216 e. The van der Waals surface area contributed by atoms with Crippen molar-refractivity contribution in [2.24, 2.45) is 0 Å². The third-order valence-corrected chi connectivity index (χ3v) is 3.57. The first-order chi connectivity index (χ1) is 6.04. The van der Waals surface area contributed by atoms with Crippen LogP contribution in [-0.4, -0.2) is 33.9 Å². The molecule has 5 heteroatoms. The van der Waals surface area contributed by atoms with E-state index >= 15 is 0 Å². The Morgan fingerprint density at radius 1 is 1.46 bits per heavy atom. The Morgan fingerprint density at radius 2 is 2.08 bits per heavy atom. The minimum Gasteiger partial charge on any atom is -0.383 e.